The molecule has 3 aromatic carbocycles. The molecular formula is C33H34N4O4. The number of nitrogens with one attached hydrogen (secondary N) is 1. The van der Waals surface area contributed by atoms with Crippen LogP contribution in [0.1, 0.15) is 57.4 Å². The Balaban J connectivity index is 1.34. The molecule has 2 N–H and O–H groups in total. The summed E-state index contributed by atoms with van der Waals surface area (Å²) in [5, 5.41) is 11.8. The molecule has 1 aromatic heterocycles. The van der Waals surface area contributed by atoms with Gasteiger partial charge in [0, 0.05) is 29.6 Å². The number of hydrogen-bond donors (Lipinski definition) is 2. The van der Waals surface area contributed by atoms with Crippen molar-refractivity contribution in [1.82, 2.24) is 14.8 Å². The van der Waals surface area contributed by atoms with E-state index in [-0.39, 0.29) is 11.8 Å². The molecule has 0 spiro atoms. The molecule has 0 radical (unpaired) electrons. The van der Waals surface area contributed by atoms with Gasteiger partial charge in [0.05, 0.1) is 36.2 Å². The van der Waals surface area contributed by atoms with Gasteiger partial charge in [-0.2, -0.15) is 0 Å². The number of aryl methyl sites for hydroxylation is 1. The van der Waals surface area contributed by atoms with E-state index in [1.165, 1.54) is 13.5 Å². The summed E-state index contributed by atoms with van der Waals surface area (Å²) < 4.78 is 4.86. The molecule has 1 amide bonds. The van der Waals surface area contributed by atoms with E-state index in [2.05, 4.69) is 9.88 Å². The summed E-state index contributed by atoms with van der Waals surface area (Å²) >= 11 is 0. The fourth-order valence-corrected chi connectivity index (χ4v) is 5.81. The van der Waals surface area contributed by atoms with Crippen molar-refractivity contribution in [2.24, 2.45) is 4.99 Å². The molecule has 0 bridgehead atoms. The van der Waals surface area contributed by atoms with Crippen molar-refractivity contribution in [3.63, 3.8) is 0 Å². The summed E-state index contributed by atoms with van der Waals surface area (Å²) in [6, 6.07) is 19.2. The number of rotatable bonds is 6. The average molecular weight is 551 g/mol. The van der Waals surface area contributed by atoms with Crippen molar-refractivity contribution in [3.05, 3.63) is 94.0 Å². The van der Waals surface area contributed by atoms with E-state index in [1.54, 1.807) is 18.2 Å². The van der Waals surface area contributed by atoms with E-state index in [4.69, 9.17) is 9.73 Å². The Kier molecular flexibility index (Phi) is 7.32. The van der Waals surface area contributed by atoms with Gasteiger partial charge < -0.3 is 19.7 Å². The average Bonchev–Trinajstić information content (AvgIpc) is 3.56. The predicted molar refractivity (Wildman–Crippen MR) is 159 cm³/mol. The lowest BCUT2D eigenvalue weighted by Gasteiger charge is -2.27. The number of carbonyl (C=O) groups is 2. The number of hydrogen-bond acceptors (Lipinski definition) is 6. The Morgan fingerprint density at radius 1 is 0.927 bits per heavy atom. The number of methoxy groups -OCH3 is 1. The van der Waals surface area contributed by atoms with Gasteiger partial charge in [-0.1, -0.05) is 48.4 Å². The summed E-state index contributed by atoms with van der Waals surface area (Å²) in [6.45, 7) is 5.68. The molecule has 41 heavy (non-hydrogen) atoms. The van der Waals surface area contributed by atoms with Crippen LogP contribution in [0.5, 0.6) is 5.88 Å². The number of aromatic hydroxyl groups is 1. The molecule has 0 atom stereocenters. The molecule has 210 valence electrons. The van der Waals surface area contributed by atoms with Crippen molar-refractivity contribution < 1.29 is 19.4 Å². The SMILES string of the molecule is COC(=O)c1ccc2c(C(=Nc3ccc4c(c3)CN(C(=O)CN3CCCCC3)C4)c3ccc(C)cc3)c(O)[nH]c2c1. The van der Waals surface area contributed by atoms with Gasteiger partial charge in [-0.25, -0.2) is 9.79 Å². The van der Waals surface area contributed by atoms with Crippen LogP contribution >= 0.6 is 0 Å². The molecule has 6 rings (SSSR count). The van der Waals surface area contributed by atoms with E-state index in [9.17, 15) is 14.7 Å². The maximum absolute atomic E-state index is 13.1. The number of aliphatic imine (C=N–C) groups is 1. The van der Waals surface area contributed by atoms with E-state index in [0.717, 1.165) is 59.3 Å². The number of esters is 1. The lowest BCUT2D eigenvalue weighted by molar-refractivity contribution is -0.133. The largest absolute Gasteiger partial charge is 0.494 e. The number of benzene rings is 3. The summed E-state index contributed by atoms with van der Waals surface area (Å²) in [5.74, 6) is -0.308. The zero-order chi connectivity index (χ0) is 28.5. The van der Waals surface area contributed by atoms with Gasteiger partial charge in [0.2, 0.25) is 5.91 Å². The van der Waals surface area contributed by atoms with Gasteiger partial charge in [-0.3, -0.25) is 9.69 Å². The summed E-state index contributed by atoms with van der Waals surface area (Å²) in [5.41, 5.74) is 7.09. The quantitative estimate of drug-likeness (QED) is 0.245. The normalized spacial score (nSPS) is 15.8. The Morgan fingerprint density at radius 2 is 1.66 bits per heavy atom. The summed E-state index contributed by atoms with van der Waals surface area (Å²) in [4.78, 5) is 37.4. The molecular weight excluding hydrogens is 516 g/mol. The first-order valence-corrected chi connectivity index (χ1v) is 14.1. The van der Waals surface area contributed by atoms with Crippen LogP contribution in [0.3, 0.4) is 0 Å². The number of aromatic nitrogens is 1. The van der Waals surface area contributed by atoms with E-state index >= 15 is 0 Å². The lowest BCUT2D eigenvalue weighted by Crippen LogP contribution is -2.40. The minimum Gasteiger partial charge on any atom is -0.494 e. The van der Waals surface area contributed by atoms with Crippen LogP contribution in [-0.4, -0.2) is 64.2 Å². The number of aromatic amines is 1. The number of likely N-dealkylation sites (tertiary alicyclic amines) is 1. The van der Waals surface area contributed by atoms with Crippen molar-refractivity contribution in [3.8, 4) is 5.88 Å². The van der Waals surface area contributed by atoms with Crippen LogP contribution in [-0.2, 0) is 22.6 Å². The van der Waals surface area contributed by atoms with Crippen molar-refractivity contribution in [1.29, 1.82) is 0 Å². The minimum atomic E-state index is -0.448. The minimum absolute atomic E-state index is 0.0306. The second kappa shape index (κ2) is 11.2. The number of fused-ring (bicyclic) bond motifs is 2. The Hall–Kier alpha value is -4.43. The van der Waals surface area contributed by atoms with Gasteiger partial charge in [0.1, 0.15) is 0 Å². The van der Waals surface area contributed by atoms with Crippen LogP contribution in [0.2, 0.25) is 0 Å². The third-order valence-corrected chi connectivity index (χ3v) is 8.08. The molecule has 0 aliphatic carbocycles. The van der Waals surface area contributed by atoms with Crippen LogP contribution < -0.4 is 0 Å². The van der Waals surface area contributed by atoms with Gasteiger partial charge in [-0.15, -0.1) is 0 Å². The van der Waals surface area contributed by atoms with Crippen LogP contribution in [0.25, 0.3) is 10.9 Å². The molecule has 8 nitrogen and oxygen atoms in total. The third-order valence-electron chi connectivity index (χ3n) is 8.08. The van der Waals surface area contributed by atoms with Crippen LogP contribution in [0, 0.1) is 6.92 Å². The smallest absolute Gasteiger partial charge is 0.337 e. The number of carbonyl (C=O) groups excluding carboxylic acids is 2. The predicted octanol–water partition coefficient (Wildman–Crippen LogP) is 5.47. The third kappa shape index (κ3) is 5.47. The zero-order valence-electron chi connectivity index (χ0n) is 23.4. The molecule has 4 aromatic rings. The maximum atomic E-state index is 13.1. The number of nitrogens with zero attached hydrogens (tertiary/aromatic N) is 3. The highest BCUT2D eigenvalue weighted by atomic mass is 16.5. The molecule has 1 fully saturated rings. The molecule has 1 saturated heterocycles. The number of amides is 1. The fourth-order valence-electron chi connectivity index (χ4n) is 5.81. The number of piperidine rings is 1. The number of H-pyrrole nitrogens is 1. The molecule has 2 aliphatic rings. The van der Waals surface area contributed by atoms with Crippen molar-refractivity contribution in [2.45, 2.75) is 39.3 Å². The monoisotopic (exact) mass is 550 g/mol. The first-order chi connectivity index (χ1) is 19.9. The van der Waals surface area contributed by atoms with Gasteiger partial charge in [-0.05, 0) is 68.2 Å². The van der Waals surface area contributed by atoms with Crippen LogP contribution in [0.4, 0.5) is 5.69 Å². The Morgan fingerprint density at radius 3 is 2.41 bits per heavy atom. The topological polar surface area (TPSA) is 98.2 Å². The first kappa shape index (κ1) is 26.8. The molecule has 3 heterocycles. The van der Waals surface area contributed by atoms with Crippen LogP contribution in [0.15, 0.2) is 65.7 Å². The highest BCUT2D eigenvalue weighted by Gasteiger charge is 2.26. The molecule has 2 aliphatic heterocycles. The van der Waals surface area contributed by atoms with E-state index < -0.39 is 5.97 Å². The van der Waals surface area contributed by atoms with Crippen molar-refractivity contribution in [2.75, 3.05) is 26.7 Å². The van der Waals surface area contributed by atoms with Gasteiger partial charge in [0.15, 0.2) is 5.88 Å². The molecule has 8 heteroatoms. The summed E-state index contributed by atoms with van der Waals surface area (Å²) in [7, 11) is 1.34. The lowest BCUT2D eigenvalue weighted by atomic mass is 9.99. The van der Waals surface area contributed by atoms with E-state index in [1.807, 2.05) is 54.3 Å². The van der Waals surface area contributed by atoms with E-state index in [0.29, 0.717) is 42.0 Å². The highest BCUT2D eigenvalue weighted by Crippen LogP contribution is 2.34. The Labute approximate surface area is 239 Å². The fraction of sp³-hybridized carbons (Fsp3) is 0.303. The molecule has 0 saturated carbocycles. The van der Waals surface area contributed by atoms with Gasteiger partial charge in [0.25, 0.3) is 0 Å². The Bertz CT molecular complexity index is 1650. The summed E-state index contributed by atoms with van der Waals surface area (Å²) in [6.07, 6.45) is 3.58. The van der Waals surface area contributed by atoms with Gasteiger partial charge >= 0.3 is 5.97 Å². The second-order valence-electron chi connectivity index (χ2n) is 11.0. The highest BCUT2D eigenvalue weighted by molar-refractivity contribution is 6.22. The zero-order valence-corrected chi connectivity index (χ0v) is 23.4. The second-order valence-corrected chi connectivity index (χ2v) is 11.0. The number of ether oxygens (including phenoxy) is 1. The maximum Gasteiger partial charge on any atom is 0.337 e. The van der Waals surface area contributed by atoms with Crippen molar-refractivity contribution >= 4 is 34.2 Å². The first-order valence-electron chi connectivity index (χ1n) is 14.1. The molecule has 0 unspecified atom stereocenters. The standard InChI is InChI=1S/C33H34N4O4/c1-21-6-8-22(9-7-21)31(30-27-13-11-23(33(40)41-2)17-28(27)35-32(30)39)34-26-12-10-24-18-37(19-25(24)16-26)29(38)20-36-14-4-3-5-15-36/h6-13,16-17,35,39H,3-5,14-15,18-20H2,1-2H3.